The molecule has 0 radical (unpaired) electrons. The van der Waals surface area contributed by atoms with Crippen molar-refractivity contribution in [1.29, 1.82) is 0 Å². The highest BCUT2D eigenvalue weighted by Gasteiger charge is 2.24. The van der Waals surface area contributed by atoms with Gasteiger partial charge < -0.3 is 10.3 Å². The third-order valence-corrected chi connectivity index (χ3v) is 3.20. The molecule has 0 bridgehead atoms. The standard InChI is InChI=1S/C11H19N3/c1-2-11-13-7-8-14(11)10-6-4-3-5-9(10)12/h7-10H,2-6,12H2,1H3. The summed E-state index contributed by atoms with van der Waals surface area (Å²) in [5.41, 5.74) is 6.15. The highest BCUT2D eigenvalue weighted by atomic mass is 15.1. The minimum atomic E-state index is 0.322. The van der Waals surface area contributed by atoms with Gasteiger partial charge in [-0.2, -0.15) is 0 Å². The minimum absolute atomic E-state index is 0.322. The largest absolute Gasteiger partial charge is 0.330 e. The lowest BCUT2D eigenvalue weighted by atomic mass is 9.91. The lowest BCUT2D eigenvalue weighted by Gasteiger charge is -2.30. The summed E-state index contributed by atoms with van der Waals surface area (Å²) in [5, 5.41) is 0. The van der Waals surface area contributed by atoms with E-state index in [4.69, 9.17) is 5.73 Å². The maximum absolute atomic E-state index is 6.15. The summed E-state index contributed by atoms with van der Waals surface area (Å²) in [6, 6.07) is 0.810. The molecule has 1 aromatic heterocycles. The Morgan fingerprint density at radius 3 is 3.00 bits per heavy atom. The second-order valence-corrected chi connectivity index (χ2v) is 4.12. The van der Waals surface area contributed by atoms with Crippen LogP contribution >= 0.6 is 0 Å². The number of nitrogens with two attached hydrogens (primary N) is 1. The second kappa shape index (κ2) is 4.13. The van der Waals surface area contributed by atoms with Crippen molar-refractivity contribution in [2.75, 3.05) is 0 Å². The summed E-state index contributed by atoms with van der Waals surface area (Å²) in [5.74, 6) is 1.17. The zero-order chi connectivity index (χ0) is 9.97. The molecule has 3 heteroatoms. The van der Waals surface area contributed by atoms with Gasteiger partial charge in [0, 0.05) is 30.9 Å². The fourth-order valence-corrected chi connectivity index (χ4v) is 2.41. The normalized spacial score (nSPS) is 27.9. The number of nitrogens with zero attached hydrogens (tertiary/aromatic N) is 2. The first kappa shape index (κ1) is 9.71. The van der Waals surface area contributed by atoms with Crippen LogP contribution in [0.5, 0.6) is 0 Å². The number of aromatic nitrogens is 2. The maximum Gasteiger partial charge on any atom is 0.108 e. The fourth-order valence-electron chi connectivity index (χ4n) is 2.41. The predicted molar refractivity (Wildman–Crippen MR) is 57.1 cm³/mol. The van der Waals surface area contributed by atoms with E-state index in [-0.39, 0.29) is 0 Å². The fraction of sp³-hybridized carbons (Fsp3) is 0.727. The van der Waals surface area contributed by atoms with Crippen molar-refractivity contribution < 1.29 is 0 Å². The van der Waals surface area contributed by atoms with E-state index >= 15 is 0 Å². The van der Waals surface area contributed by atoms with Crippen LogP contribution in [0.25, 0.3) is 0 Å². The molecular formula is C11H19N3. The van der Waals surface area contributed by atoms with Crippen molar-refractivity contribution >= 4 is 0 Å². The predicted octanol–water partition coefficient (Wildman–Crippen LogP) is 1.89. The average molecular weight is 193 g/mol. The molecule has 3 nitrogen and oxygen atoms in total. The molecular weight excluding hydrogens is 174 g/mol. The number of hydrogen-bond acceptors (Lipinski definition) is 2. The third-order valence-electron chi connectivity index (χ3n) is 3.20. The van der Waals surface area contributed by atoms with Gasteiger partial charge in [0.15, 0.2) is 0 Å². The van der Waals surface area contributed by atoms with Crippen LogP contribution in [-0.2, 0) is 6.42 Å². The molecule has 1 heterocycles. The van der Waals surface area contributed by atoms with Gasteiger partial charge in [0.2, 0.25) is 0 Å². The summed E-state index contributed by atoms with van der Waals surface area (Å²) in [7, 11) is 0. The van der Waals surface area contributed by atoms with E-state index in [0.717, 1.165) is 12.8 Å². The van der Waals surface area contributed by atoms with E-state index in [1.165, 1.54) is 25.1 Å². The molecule has 0 aromatic carbocycles. The van der Waals surface area contributed by atoms with Crippen molar-refractivity contribution in [2.45, 2.75) is 51.1 Å². The lowest BCUT2D eigenvalue weighted by molar-refractivity contribution is 0.300. The van der Waals surface area contributed by atoms with Crippen molar-refractivity contribution in [3.05, 3.63) is 18.2 Å². The average Bonchev–Trinajstić information content (AvgIpc) is 2.66. The Bertz CT molecular complexity index is 292. The first-order chi connectivity index (χ1) is 6.83. The summed E-state index contributed by atoms with van der Waals surface area (Å²) < 4.78 is 2.28. The molecule has 1 aliphatic rings. The molecule has 0 spiro atoms. The molecule has 1 fully saturated rings. The Hall–Kier alpha value is -0.830. The van der Waals surface area contributed by atoms with Crippen LogP contribution in [0.2, 0.25) is 0 Å². The number of rotatable bonds is 2. The first-order valence-electron chi connectivity index (χ1n) is 5.60. The van der Waals surface area contributed by atoms with Crippen LogP contribution < -0.4 is 5.73 Å². The molecule has 0 amide bonds. The Morgan fingerprint density at radius 2 is 2.29 bits per heavy atom. The summed E-state index contributed by atoms with van der Waals surface area (Å²) in [4.78, 5) is 4.35. The van der Waals surface area contributed by atoms with Crippen molar-refractivity contribution in [3.8, 4) is 0 Å². The highest BCUT2D eigenvalue weighted by molar-refractivity contribution is 4.98. The van der Waals surface area contributed by atoms with E-state index in [1.807, 2.05) is 6.20 Å². The molecule has 2 N–H and O–H groups in total. The molecule has 14 heavy (non-hydrogen) atoms. The monoisotopic (exact) mass is 193 g/mol. The quantitative estimate of drug-likeness (QED) is 0.779. The third kappa shape index (κ3) is 1.69. The van der Waals surface area contributed by atoms with E-state index in [9.17, 15) is 0 Å². The van der Waals surface area contributed by atoms with Crippen LogP contribution in [0.3, 0.4) is 0 Å². The Morgan fingerprint density at radius 1 is 1.50 bits per heavy atom. The summed E-state index contributed by atoms with van der Waals surface area (Å²) >= 11 is 0. The van der Waals surface area contributed by atoms with E-state index < -0.39 is 0 Å². The van der Waals surface area contributed by atoms with Gasteiger partial charge in [-0.05, 0) is 12.8 Å². The zero-order valence-corrected chi connectivity index (χ0v) is 8.82. The van der Waals surface area contributed by atoms with Crippen molar-refractivity contribution in [2.24, 2.45) is 5.73 Å². The molecule has 1 aromatic rings. The van der Waals surface area contributed by atoms with Crippen LogP contribution in [0.4, 0.5) is 0 Å². The molecule has 78 valence electrons. The Kier molecular flexibility index (Phi) is 2.87. The van der Waals surface area contributed by atoms with Gasteiger partial charge in [0.1, 0.15) is 5.82 Å². The highest BCUT2D eigenvalue weighted by Crippen LogP contribution is 2.28. The second-order valence-electron chi connectivity index (χ2n) is 4.12. The number of imidazole rings is 1. The first-order valence-corrected chi connectivity index (χ1v) is 5.60. The van der Waals surface area contributed by atoms with Crippen LogP contribution in [0.1, 0.15) is 44.5 Å². The maximum atomic E-state index is 6.15. The molecule has 0 saturated heterocycles. The van der Waals surface area contributed by atoms with Gasteiger partial charge >= 0.3 is 0 Å². The summed E-state index contributed by atoms with van der Waals surface area (Å²) in [6.07, 6.45) is 9.93. The smallest absolute Gasteiger partial charge is 0.108 e. The molecule has 2 atom stereocenters. The Balaban J connectivity index is 2.20. The number of aryl methyl sites for hydroxylation is 1. The number of hydrogen-bond donors (Lipinski definition) is 1. The van der Waals surface area contributed by atoms with E-state index in [2.05, 4.69) is 22.7 Å². The van der Waals surface area contributed by atoms with Gasteiger partial charge in [0.05, 0.1) is 0 Å². The lowest BCUT2D eigenvalue weighted by Crippen LogP contribution is -2.35. The van der Waals surface area contributed by atoms with Gasteiger partial charge in [0.25, 0.3) is 0 Å². The van der Waals surface area contributed by atoms with E-state index in [1.54, 1.807) is 0 Å². The minimum Gasteiger partial charge on any atom is -0.330 e. The molecule has 2 rings (SSSR count). The topological polar surface area (TPSA) is 43.8 Å². The Labute approximate surface area is 85.3 Å². The van der Waals surface area contributed by atoms with Gasteiger partial charge in [-0.15, -0.1) is 0 Å². The molecule has 2 unspecified atom stereocenters. The molecule has 0 aliphatic heterocycles. The van der Waals surface area contributed by atoms with Gasteiger partial charge in [-0.3, -0.25) is 0 Å². The van der Waals surface area contributed by atoms with Crippen LogP contribution in [-0.4, -0.2) is 15.6 Å². The van der Waals surface area contributed by atoms with Crippen molar-refractivity contribution in [1.82, 2.24) is 9.55 Å². The molecule has 1 aliphatic carbocycles. The molecule has 1 saturated carbocycles. The summed E-state index contributed by atoms with van der Waals surface area (Å²) in [6.45, 7) is 2.15. The van der Waals surface area contributed by atoms with Gasteiger partial charge in [-0.1, -0.05) is 19.8 Å². The zero-order valence-electron chi connectivity index (χ0n) is 8.82. The van der Waals surface area contributed by atoms with Crippen molar-refractivity contribution in [3.63, 3.8) is 0 Å². The van der Waals surface area contributed by atoms with E-state index in [0.29, 0.717) is 12.1 Å². The van der Waals surface area contributed by atoms with Gasteiger partial charge in [-0.25, -0.2) is 4.98 Å². The van der Waals surface area contributed by atoms with Crippen LogP contribution in [0, 0.1) is 0 Å². The van der Waals surface area contributed by atoms with Crippen LogP contribution in [0.15, 0.2) is 12.4 Å². The SMILES string of the molecule is CCc1nccn1C1CCCCC1N.